The summed E-state index contributed by atoms with van der Waals surface area (Å²) in [5.74, 6) is -0.209. The van der Waals surface area contributed by atoms with Crippen molar-refractivity contribution in [2.45, 2.75) is 244 Å². The van der Waals surface area contributed by atoms with Gasteiger partial charge in [0.15, 0.2) is 0 Å². The highest BCUT2D eigenvalue weighted by Crippen LogP contribution is 2.38. The van der Waals surface area contributed by atoms with Crippen molar-refractivity contribution in [3.63, 3.8) is 0 Å². The molecule has 354 valence electrons. The largest absolute Gasteiger partial charge is 0.756 e. The van der Waals surface area contributed by atoms with Crippen molar-refractivity contribution < 1.29 is 32.9 Å². The number of hydrogen-bond acceptors (Lipinski definition) is 6. The topological polar surface area (TPSA) is 108 Å². The molecule has 1 amide bonds. The summed E-state index contributed by atoms with van der Waals surface area (Å²) in [5.41, 5.74) is 0. The second-order valence-corrected chi connectivity index (χ2v) is 19.9. The number of unbranched alkanes of at least 4 members (excludes halogenated alkanes) is 29. The molecule has 0 heterocycles. The van der Waals surface area contributed by atoms with Crippen molar-refractivity contribution in [3.8, 4) is 0 Å². The van der Waals surface area contributed by atoms with Crippen LogP contribution < -0.4 is 10.2 Å². The Labute approximate surface area is 372 Å². The Morgan fingerprint density at radius 2 is 0.933 bits per heavy atom. The molecule has 0 bridgehead atoms. The molecule has 8 nitrogen and oxygen atoms in total. The molecule has 0 aromatic heterocycles. The third kappa shape index (κ3) is 44.8. The number of aliphatic hydroxyl groups excluding tert-OH is 1. The molecular weight excluding hydrogens is 768 g/mol. The second kappa shape index (κ2) is 43.0. The molecule has 0 aliphatic rings. The number of rotatable bonds is 46. The molecule has 9 heteroatoms. The molecule has 0 saturated carbocycles. The van der Waals surface area contributed by atoms with Gasteiger partial charge in [-0.1, -0.05) is 204 Å². The quantitative estimate of drug-likeness (QED) is 0.0273. The molecule has 0 aliphatic heterocycles. The zero-order valence-corrected chi connectivity index (χ0v) is 41.1. The first-order chi connectivity index (χ1) is 29.0. The van der Waals surface area contributed by atoms with Gasteiger partial charge < -0.3 is 28.8 Å². The Kier molecular flexibility index (Phi) is 42.1. The number of amides is 1. The Hall–Kier alpha value is -1.28. The molecule has 3 unspecified atom stereocenters. The fourth-order valence-corrected chi connectivity index (χ4v) is 8.00. The molecule has 0 saturated heterocycles. The normalized spacial score (nSPS) is 14.4. The lowest BCUT2D eigenvalue weighted by Gasteiger charge is -2.29. The third-order valence-electron chi connectivity index (χ3n) is 11.3. The molecule has 3 atom stereocenters. The predicted molar refractivity (Wildman–Crippen MR) is 256 cm³/mol. The lowest BCUT2D eigenvalue weighted by Crippen LogP contribution is -2.45. The summed E-state index contributed by atoms with van der Waals surface area (Å²) in [4.78, 5) is 25.4. The average molecular weight is 867 g/mol. The van der Waals surface area contributed by atoms with Crippen LogP contribution in [0.25, 0.3) is 0 Å². The molecule has 2 N–H and O–H groups in total. The van der Waals surface area contributed by atoms with Gasteiger partial charge in [0.1, 0.15) is 13.2 Å². The highest BCUT2D eigenvalue weighted by Gasteiger charge is 2.23. The predicted octanol–water partition coefficient (Wildman–Crippen LogP) is 14.0. The molecule has 0 aromatic rings. The van der Waals surface area contributed by atoms with Gasteiger partial charge in [-0.3, -0.25) is 9.36 Å². The summed E-state index contributed by atoms with van der Waals surface area (Å²) >= 11 is 0. The molecule has 0 radical (unpaired) electrons. The highest BCUT2D eigenvalue weighted by atomic mass is 31.2. The third-order valence-corrected chi connectivity index (χ3v) is 12.3. The number of quaternary nitrogens is 1. The summed E-state index contributed by atoms with van der Waals surface area (Å²) in [6.07, 6.45) is 53.5. The zero-order valence-electron chi connectivity index (χ0n) is 40.2. The van der Waals surface area contributed by atoms with Gasteiger partial charge in [0, 0.05) is 6.42 Å². The Morgan fingerprint density at radius 1 is 0.567 bits per heavy atom. The maximum absolute atomic E-state index is 12.9. The van der Waals surface area contributed by atoms with Gasteiger partial charge in [0.2, 0.25) is 5.91 Å². The molecule has 0 rings (SSSR count). The zero-order chi connectivity index (χ0) is 44.3. The van der Waals surface area contributed by atoms with E-state index in [2.05, 4.69) is 43.5 Å². The minimum absolute atomic E-state index is 0.00653. The second-order valence-electron chi connectivity index (χ2n) is 18.5. The van der Waals surface area contributed by atoms with Gasteiger partial charge in [0.05, 0.1) is 39.9 Å². The van der Waals surface area contributed by atoms with Crippen LogP contribution in [-0.4, -0.2) is 68.5 Å². The first-order valence-electron chi connectivity index (χ1n) is 25.4. The van der Waals surface area contributed by atoms with Crippen LogP contribution in [0, 0.1) is 0 Å². The Balaban J connectivity index is 4.23. The number of carbonyl (C=O) groups is 1. The standard InChI is InChI=1S/C51H99N2O6P/c1-6-8-10-12-14-16-18-20-21-22-23-24-25-26-27-28-29-30-31-33-35-37-39-41-43-45-51(55)52-49(48-59-60(56,57)58-47-46-53(3,4)5)50(54)44-42-40-38-36-34-32-19-17-15-13-11-9-7-2/h26-27,34,36,42,44,49-50,54H,6-25,28-33,35,37-41,43,45-48H2,1-5H3,(H-,52,55,56,57)/b27-26-,36-34+,44-42+. The van der Waals surface area contributed by atoms with Crippen LogP contribution in [0.5, 0.6) is 0 Å². The number of phosphoric ester groups is 1. The highest BCUT2D eigenvalue weighted by molar-refractivity contribution is 7.45. The summed E-state index contributed by atoms with van der Waals surface area (Å²) in [5, 5.41) is 13.8. The van der Waals surface area contributed by atoms with Crippen LogP contribution in [0.4, 0.5) is 0 Å². The molecule has 0 aliphatic carbocycles. The smallest absolute Gasteiger partial charge is 0.268 e. The summed E-state index contributed by atoms with van der Waals surface area (Å²) in [7, 11) is 1.24. The lowest BCUT2D eigenvalue weighted by atomic mass is 10.0. The van der Waals surface area contributed by atoms with Crippen LogP contribution in [0.2, 0.25) is 0 Å². The van der Waals surface area contributed by atoms with E-state index in [0.29, 0.717) is 17.4 Å². The van der Waals surface area contributed by atoms with Gasteiger partial charge in [-0.15, -0.1) is 0 Å². The van der Waals surface area contributed by atoms with Crippen molar-refractivity contribution in [1.82, 2.24) is 5.32 Å². The molecule has 0 spiro atoms. The van der Waals surface area contributed by atoms with Crippen molar-refractivity contribution in [1.29, 1.82) is 0 Å². The van der Waals surface area contributed by atoms with Crippen LogP contribution in [0.3, 0.4) is 0 Å². The molecule has 60 heavy (non-hydrogen) atoms. The van der Waals surface area contributed by atoms with Gasteiger partial charge in [-0.2, -0.15) is 0 Å². The average Bonchev–Trinajstić information content (AvgIpc) is 3.20. The first-order valence-corrected chi connectivity index (χ1v) is 26.8. The van der Waals surface area contributed by atoms with Gasteiger partial charge in [0.25, 0.3) is 7.82 Å². The number of allylic oxidation sites excluding steroid dienone is 5. The van der Waals surface area contributed by atoms with E-state index in [1.807, 2.05) is 27.2 Å². The SMILES string of the molecule is CCCCCCCCC/C=C/CC/C=C/C(O)C(COP(=O)([O-])OCC[N+](C)(C)C)NC(=O)CCCCCCCCCCC/C=C\CCCCCCCCCCCCCC. The van der Waals surface area contributed by atoms with Crippen LogP contribution in [0.15, 0.2) is 36.5 Å². The van der Waals surface area contributed by atoms with Crippen LogP contribution >= 0.6 is 7.82 Å². The van der Waals surface area contributed by atoms with Crippen LogP contribution in [-0.2, 0) is 18.4 Å². The van der Waals surface area contributed by atoms with Crippen molar-refractivity contribution >= 4 is 13.7 Å². The molecule has 0 fully saturated rings. The van der Waals surface area contributed by atoms with E-state index < -0.39 is 26.6 Å². The molecule has 0 aromatic carbocycles. The molecular formula is C51H99N2O6P. The van der Waals surface area contributed by atoms with Gasteiger partial charge in [-0.05, 0) is 57.8 Å². The van der Waals surface area contributed by atoms with E-state index in [0.717, 1.165) is 38.5 Å². The number of aliphatic hydroxyl groups is 1. The fourth-order valence-electron chi connectivity index (χ4n) is 7.28. The minimum atomic E-state index is -4.60. The summed E-state index contributed by atoms with van der Waals surface area (Å²) in [6, 6.07) is -0.902. The van der Waals surface area contributed by atoms with Gasteiger partial charge >= 0.3 is 0 Å². The van der Waals surface area contributed by atoms with Crippen molar-refractivity contribution in [2.24, 2.45) is 0 Å². The van der Waals surface area contributed by atoms with Crippen molar-refractivity contribution in [3.05, 3.63) is 36.5 Å². The van der Waals surface area contributed by atoms with Crippen LogP contribution in [0.1, 0.15) is 232 Å². The summed E-state index contributed by atoms with van der Waals surface area (Å²) in [6.45, 7) is 4.62. The van der Waals surface area contributed by atoms with Crippen molar-refractivity contribution in [2.75, 3.05) is 40.9 Å². The van der Waals surface area contributed by atoms with E-state index in [1.165, 1.54) is 173 Å². The van der Waals surface area contributed by atoms with E-state index in [-0.39, 0.29) is 12.5 Å². The maximum atomic E-state index is 12.9. The van der Waals surface area contributed by atoms with E-state index in [4.69, 9.17) is 9.05 Å². The Bertz CT molecular complexity index is 1070. The number of nitrogens with zero attached hydrogens (tertiary/aromatic N) is 1. The van der Waals surface area contributed by atoms with E-state index in [9.17, 15) is 19.4 Å². The monoisotopic (exact) mass is 867 g/mol. The van der Waals surface area contributed by atoms with E-state index in [1.54, 1.807) is 6.08 Å². The van der Waals surface area contributed by atoms with E-state index >= 15 is 0 Å². The lowest BCUT2D eigenvalue weighted by molar-refractivity contribution is -0.870. The minimum Gasteiger partial charge on any atom is -0.756 e. The maximum Gasteiger partial charge on any atom is 0.268 e. The first kappa shape index (κ1) is 58.7. The number of likely N-dealkylation sites (N-methyl/N-ethyl adjacent to an activating group) is 1. The number of carbonyl (C=O) groups excluding carboxylic acids is 1. The number of phosphoric acid groups is 1. The number of hydrogen-bond donors (Lipinski definition) is 2. The van der Waals surface area contributed by atoms with Gasteiger partial charge in [-0.25, -0.2) is 0 Å². The Morgan fingerprint density at radius 3 is 1.35 bits per heavy atom. The fraction of sp³-hybridized carbons (Fsp3) is 0.863. The summed E-state index contributed by atoms with van der Waals surface area (Å²) < 4.78 is 23.2. The number of nitrogens with one attached hydrogen (secondary N) is 1.